The maximum absolute atomic E-state index is 11.1. The lowest BCUT2D eigenvalue weighted by Gasteiger charge is -2.49. The van der Waals surface area contributed by atoms with Gasteiger partial charge in [-0.3, -0.25) is 0 Å². The number of aliphatic hydroxyl groups is 17. The quantitative estimate of drug-likeness (QED) is 0.0819. The Bertz CT molecular complexity index is 1200. The first-order chi connectivity index (χ1) is 26.5. The first-order valence-electron chi connectivity index (χ1n) is 17.6. The van der Waals surface area contributed by atoms with Gasteiger partial charge in [-0.05, 0) is 0 Å². The van der Waals surface area contributed by atoms with Crippen LogP contribution >= 0.6 is 0 Å². The molecule has 328 valence electrons. The Morgan fingerprint density at radius 2 is 0.518 bits per heavy atom. The highest BCUT2D eigenvalue weighted by molar-refractivity contribution is 4.99. The Hall–Kier alpha value is -1.04. The first kappa shape index (κ1) is 46.0. The van der Waals surface area contributed by atoms with Crippen molar-refractivity contribution in [2.75, 3.05) is 33.0 Å². The molecule has 0 bridgehead atoms. The van der Waals surface area contributed by atoms with E-state index in [1.165, 1.54) is 0 Å². The minimum Gasteiger partial charge on any atom is -0.394 e. The highest BCUT2D eigenvalue weighted by Crippen LogP contribution is 2.35. The van der Waals surface area contributed by atoms with Crippen LogP contribution in [0.15, 0.2) is 0 Å². The van der Waals surface area contributed by atoms with Gasteiger partial charge in [0, 0.05) is 0 Å². The van der Waals surface area contributed by atoms with Crippen molar-refractivity contribution in [1.29, 1.82) is 0 Å². The predicted octanol–water partition coefficient (Wildman–Crippen LogP) is -11.9. The van der Waals surface area contributed by atoms with Crippen molar-refractivity contribution >= 4 is 0 Å². The van der Waals surface area contributed by atoms with Crippen molar-refractivity contribution in [3.8, 4) is 0 Å². The van der Waals surface area contributed by atoms with Crippen LogP contribution < -0.4 is 0 Å². The molecule has 5 heterocycles. The van der Waals surface area contributed by atoms with E-state index in [2.05, 4.69) is 0 Å². The molecule has 0 saturated carbocycles. The largest absolute Gasteiger partial charge is 0.394 e. The molecular weight excluding hydrogens is 776 g/mol. The van der Waals surface area contributed by atoms with Gasteiger partial charge in [0.25, 0.3) is 0 Å². The topological polar surface area (TPSA) is 427 Å². The van der Waals surface area contributed by atoms with E-state index < -0.39 is 187 Å². The third kappa shape index (κ3) is 9.16. The summed E-state index contributed by atoms with van der Waals surface area (Å²) in [4.78, 5) is 0. The molecule has 0 amide bonds. The average molecular weight is 829 g/mol. The van der Waals surface area contributed by atoms with Crippen LogP contribution in [-0.2, 0) is 42.6 Å². The van der Waals surface area contributed by atoms with Crippen LogP contribution in [0.1, 0.15) is 0 Å². The monoisotopic (exact) mass is 828 g/mol. The van der Waals surface area contributed by atoms with E-state index in [-0.39, 0.29) is 0 Å². The van der Waals surface area contributed by atoms with Crippen LogP contribution in [0.2, 0.25) is 0 Å². The first-order valence-corrected chi connectivity index (χ1v) is 17.6. The number of aliphatic hydroxyl groups excluding tert-OH is 17. The summed E-state index contributed by atoms with van der Waals surface area (Å²) >= 11 is 0. The van der Waals surface area contributed by atoms with Gasteiger partial charge >= 0.3 is 0 Å². The fourth-order valence-electron chi connectivity index (χ4n) is 7.03. The van der Waals surface area contributed by atoms with Crippen molar-refractivity contribution in [2.24, 2.45) is 0 Å². The number of rotatable bonds is 13. The molecular formula is C30H52O26. The molecule has 5 saturated heterocycles. The molecule has 25 atom stereocenters. The standard InChI is InChI=1S/C30H52O26/c31-1-6-11(36)12(37)18(43)27(49-6)54-23-8(3-33)51-29(20(45)14(23)39)56-25-10(5-35)52-30(21(46)16(25)41)55-24-9(4-34)50-28(19(44)15(24)40)53-22-7(2-32)48-26(47)17(42)13(22)38/h6-47H,1-5H2/t6-,7-,8-,9-,10-,11+,12+,13-,14-,15-,16-,17-,18-,19-,20-,21-,22-,23-,24-,25-,26?,27+,28-,29-,30-/m1/s1. The Morgan fingerprint density at radius 1 is 0.268 bits per heavy atom. The van der Waals surface area contributed by atoms with Gasteiger partial charge < -0.3 is 129 Å². The summed E-state index contributed by atoms with van der Waals surface area (Å²) in [5, 5.41) is 176. The third-order valence-electron chi connectivity index (χ3n) is 10.3. The van der Waals surface area contributed by atoms with Crippen LogP contribution in [0.4, 0.5) is 0 Å². The van der Waals surface area contributed by atoms with E-state index in [1.807, 2.05) is 0 Å². The van der Waals surface area contributed by atoms with Crippen LogP contribution in [-0.4, -0.2) is 273 Å². The lowest BCUT2D eigenvalue weighted by molar-refractivity contribution is -0.392. The number of hydrogen-bond acceptors (Lipinski definition) is 26. The van der Waals surface area contributed by atoms with Crippen LogP contribution in [0.5, 0.6) is 0 Å². The highest BCUT2D eigenvalue weighted by Gasteiger charge is 2.56. The van der Waals surface area contributed by atoms with Gasteiger partial charge in [-0.15, -0.1) is 0 Å². The molecule has 1 unspecified atom stereocenters. The zero-order chi connectivity index (χ0) is 41.3. The summed E-state index contributed by atoms with van der Waals surface area (Å²) in [6, 6.07) is 0. The molecule has 17 N–H and O–H groups in total. The van der Waals surface area contributed by atoms with Crippen molar-refractivity contribution in [1.82, 2.24) is 0 Å². The van der Waals surface area contributed by atoms with Crippen molar-refractivity contribution in [3.63, 3.8) is 0 Å². The normalized spacial score (nSPS) is 53.2. The summed E-state index contributed by atoms with van der Waals surface area (Å²) in [5.41, 5.74) is 0. The van der Waals surface area contributed by atoms with Gasteiger partial charge in [-0.1, -0.05) is 0 Å². The molecule has 0 spiro atoms. The smallest absolute Gasteiger partial charge is 0.187 e. The van der Waals surface area contributed by atoms with E-state index in [9.17, 15) is 86.8 Å². The SMILES string of the molecule is OC[C@H]1O[C@@H](O[C@H]2[C@H](O)[C@@H](O)[C@@H](O[C@H]3[C@H](O)[C@@H](O)[C@@H](O[C@H]4[C@H](O)[C@@H](O)[C@@H](O[C@H]5[C@H](O)[C@@H](O)C(O)O[C@@H]5CO)O[C@@H]4CO)O[C@@H]3CO)O[C@@H]2CO)[C@H](O)[C@@H](O)[C@H]1O. The molecule has 5 aliphatic rings. The van der Waals surface area contributed by atoms with Gasteiger partial charge in [0.05, 0.1) is 33.0 Å². The third-order valence-corrected chi connectivity index (χ3v) is 10.3. The highest BCUT2D eigenvalue weighted by atomic mass is 16.8. The fourth-order valence-corrected chi connectivity index (χ4v) is 7.03. The van der Waals surface area contributed by atoms with E-state index >= 15 is 0 Å². The number of ether oxygens (including phenoxy) is 9. The molecule has 5 aliphatic heterocycles. The Kier molecular flexibility index (Phi) is 16.1. The van der Waals surface area contributed by atoms with Crippen LogP contribution in [0.25, 0.3) is 0 Å². The van der Waals surface area contributed by atoms with Gasteiger partial charge in [0.1, 0.15) is 122 Å². The van der Waals surface area contributed by atoms with Gasteiger partial charge in [0.15, 0.2) is 31.5 Å². The second-order valence-electron chi connectivity index (χ2n) is 13.9. The zero-order valence-electron chi connectivity index (χ0n) is 29.2. The summed E-state index contributed by atoms with van der Waals surface area (Å²) in [7, 11) is 0. The molecule has 5 fully saturated rings. The summed E-state index contributed by atoms with van der Waals surface area (Å²) in [6.07, 6.45) is -45.8. The van der Waals surface area contributed by atoms with Crippen molar-refractivity contribution < 1.29 is 129 Å². The van der Waals surface area contributed by atoms with Gasteiger partial charge in [0.2, 0.25) is 0 Å². The van der Waals surface area contributed by atoms with Crippen molar-refractivity contribution in [2.45, 2.75) is 154 Å². The van der Waals surface area contributed by atoms with Crippen LogP contribution in [0.3, 0.4) is 0 Å². The Labute approximate surface area is 316 Å². The van der Waals surface area contributed by atoms with Gasteiger partial charge in [-0.25, -0.2) is 0 Å². The van der Waals surface area contributed by atoms with E-state index in [1.54, 1.807) is 0 Å². The maximum atomic E-state index is 11.1. The van der Waals surface area contributed by atoms with E-state index in [4.69, 9.17) is 42.6 Å². The Balaban J connectivity index is 1.22. The fraction of sp³-hybridized carbons (Fsp3) is 1.00. The summed E-state index contributed by atoms with van der Waals surface area (Å²) in [6.45, 7) is -4.51. The second kappa shape index (κ2) is 19.6. The second-order valence-corrected chi connectivity index (χ2v) is 13.9. The molecule has 0 aliphatic carbocycles. The Morgan fingerprint density at radius 3 is 0.821 bits per heavy atom. The molecule has 0 aromatic heterocycles. The van der Waals surface area contributed by atoms with Gasteiger partial charge in [-0.2, -0.15) is 0 Å². The van der Waals surface area contributed by atoms with Crippen molar-refractivity contribution in [3.05, 3.63) is 0 Å². The predicted molar refractivity (Wildman–Crippen MR) is 167 cm³/mol. The van der Waals surface area contributed by atoms with E-state index in [0.717, 1.165) is 0 Å². The zero-order valence-corrected chi connectivity index (χ0v) is 29.2. The number of hydrogen-bond donors (Lipinski definition) is 17. The maximum Gasteiger partial charge on any atom is 0.187 e. The minimum atomic E-state index is -2.12. The minimum absolute atomic E-state index is 0.811. The molecule has 0 radical (unpaired) electrons. The molecule has 56 heavy (non-hydrogen) atoms. The summed E-state index contributed by atoms with van der Waals surface area (Å²) < 4.78 is 49.1. The summed E-state index contributed by atoms with van der Waals surface area (Å²) in [5.74, 6) is 0. The molecule has 26 nitrogen and oxygen atoms in total. The average Bonchev–Trinajstić information content (AvgIpc) is 3.19. The molecule has 0 aromatic carbocycles. The van der Waals surface area contributed by atoms with Crippen LogP contribution in [0, 0.1) is 0 Å². The molecule has 26 heteroatoms. The van der Waals surface area contributed by atoms with E-state index in [0.29, 0.717) is 0 Å². The lowest BCUT2D eigenvalue weighted by Crippen LogP contribution is -2.68. The molecule has 5 rings (SSSR count). The lowest BCUT2D eigenvalue weighted by atomic mass is 9.95. The molecule has 0 aromatic rings.